The molecule has 0 saturated heterocycles. The lowest BCUT2D eigenvalue weighted by Crippen LogP contribution is -2.23. The summed E-state index contributed by atoms with van der Waals surface area (Å²) in [5.74, 6) is 0. The maximum Gasteiger partial charge on any atom is 0.267 e. The Morgan fingerprint density at radius 2 is 1.75 bits per heavy atom. The van der Waals surface area contributed by atoms with Crippen molar-refractivity contribution in [3.05, 3.63) is 97.9 Å². The first kappa shape index (κ1) is 16.5. The van der Waals surface area contributed by atoms with E-state index in [0.717, 1.165) is 11.1 Å². The van der Waals surface area contributed by atoms with E-state index in [2.05, 4.69) is 5.10 Å². The molecule has 3 rings (SSSR count). The number of aromatic nitrogens is 2. The number of hydrogen-bond donors (Lipinski definition) is 0. The van der Waals surface area contributed by atoms with Crippen molar-refractivity contribution in [2.75, 3.05) is 0 Å². The zero-order valence-electron chi connectivity index (χ0n) is 12.7. The summed E-state index contributed by atoms with van der Waals surface area (Å²) in [7, 11) is 0. The molecule has 0 amide bonds. The highest BCUT2D eigenvalue weighted by Gasteiger charge is 2.05. The Balaban J connectivity index is 1.86. The minimum absolute atomic E-state index is 0.183. The van der Waals surface area contributed by atoms with E-state index < -0.39 is 0 Å². The first-order valence-corrected chi connectivity index (χ1v) is 8.13. The summed E-state index contributed by atoms with van der Waals surface area (Å²) in [6.45, 7) is 0.294. The molecule has 5 heteroatoms. The molecule has 0 saturated carbocycles. The number of benzene rings is 2. The topological polar surface area (TPSA) is 34.9 Å². The van der Waals surface area contributed by atoms with Gasteiger partial charge in [0.15, 0.2) is 0 Å². The van der Waals surface area contributed by atoms with Gasteiger partial charge in [0.1, 0.15) is 0 Å². The minimum atomic E-state index is -0.183. The molecule has 0 spiro atoms. The Morgan fingerprint density at radius 3 is 2.50 bits per heavy atom. The molecule has 2 aromatic carbocycles. The van der Waals surface area contributed by atoms with Gasteiger partial charge in [-0.15, -0.1) is 0 Å². The van der Waals surface area contributed by atoms with E-state index in [1.54, 1.807) is 24.3 Å². The summed E-state index contributed by atoms with van der Waals surface area (Å²) < 4.78 is 1.39. The summed E-state index contributed by atoms with van der Waals surface area (Å²) >= 11 is 12.1. The standard InChI is InChI=1S/C19H14Cl2N2O/c20-16-8-7-15(18(21)12-16)13-23-19(24)11-10-17(22-23)9-6-14-4-2-1-3-5-14/h1-12H,13H2/b9-6+. The molecule has 0 radical (unpaired) electrons. The Labute approximate surface area is 149 Å². The lowest BCUT2D eigenvalue weighted by molar-refractivity contribution is 0.636. The Kier molecular flexibility index (Phi) is 5.14. The summed E-state index contributed by atoms with van der Waals surface area (Å²) in [4.78, 5) is 12.0. The van der Waals surface area contributed by atoms with Crippen LogP contribution in [0.5, 0.6) is 0 Å². The van der Waals surface area contributed by atoms with Gasteiger partial charge in [0, 0.05) is 16.1 Å². The maximum absolute atomic E-state index is 12.0. The molecule has 24 heavy (non-hydrogen) atoms. The second kappa shape index (κ2) is 7.47. The molecule has 0 aliphatic heterocycles. The zero-order valence-corrected chi connectivity index (χ0v) is 14.2. The van der Waals surface area contributed by atoms with Crippen molar-refractivity contribution >= 4 is 35.4 Å². The molecule has 0 unspecified atom stereocenters. The monoisotopic (exact) mass is 356 g/mol. The largest absolute Gasteiger partial charge is 0.268 e. The fourth-order valence-electron chi connectivity index (χ4n) is 2.22. The van der Waals surface area contributed by atoms with Gasteiger partial charge in [-0.1, -0.05) is 65.7 Å². The first-order valence-electron chi connectivity index (χ1n) is 7.37. The van der Waals surface area contributed by atoms with Crippen LogP contribution < -0.4 is 5.56 Å². The molecule has 3 aromatic rings. The van der Waals surface area contributed by atoms with Crippen LogP contribution in [-0.4, -0.2) is 9.78 Å². The summed E-state index contributed by atoms with van der Waals surface area (Å²) in [5, 5.41) is 5.45. The maximum atomic E-state index is 12.0. The highest BCUT2D eigenvalue weighted by Crippen LogP contribution is 2.21. The normalized spacial score (nSPS) is 11.1. The van der Waals surface area contributed by atoms with Gasteiger partial charge in [0.25, 0.3) is 5.56 Å². The van der Waals surface area contributed by atoms with Gasteiger partial charge < -0.3 is 0 Å². The SMILES string of the molecule is O=c1ccc(/C=C/c2ccccc2)nn1Cc1ccc(Cl)cc1Cl. The van der Waals surface area contributed by atoms with E-state index in [0.29, 0.717) is 22.3 Å². The first-order chi connectivity index (χ1) is 11.6. The molecular weight excluding hydrogens is 343 g/mol. The van der Waals surface area contributed by atoms with Crippen LogP contribution >= 0.6 is 23.2 Å². The predicted molar refractivity (Wildman–Crippen MR) is 99.4 cm³/mol. The summed E-state index contributed by atoms with van der Waals surface area (Å²) in [6, 6.07) is 18.3. The van der Waals surface area contributed by atoms with Crippen molar-refractivity contribution in [2.45, 2.75) is 6.54 Å². The molecular formula is C19H14Cl2N2O. The summed E-state index contributed by atoms with van der Waals surface area (Å²) in [5.41, 5.74) is 2.37. The minimum Gasteiger partial charge on any atom is -0.268 e. The van der Waals surface area contributed by atoms with Crippen LogP contribution in [0, 0.1) is 0 Å². The van der Waals surface area contributed by atoms with Crippen molar-refractivity contribution in [3.63, 3.8) is 0 Å². The molecule has 0 fully saturated rings. The zero-order chi connectivity index (χ0) is 16.9. The predicted octanol–water partition coefficient (Wildman–Crippen LogP) is 4.77. The fraction of sp³-hybridized carbons (Fsp3) is 0.0526. The molecule has 0 aliphatic carbocycles. The number of hydrogen-bond acceptors (Lipinski definition) is 2. The molecule has 0 bridgehead atoms. The van der Waals surface area contributed by atoms with E-state index >= 15 is 0 Å². The molecule has 0 aliphatic rings. The van der Waals surface area contributed by atoms with Crippen LogP contribution in [0.2, 0.25) is 10.0 Å². The van der Waals surface area contributed by atoms with Crippen LogP contribution in [0.1, 0.15) is 16.8 Å². The highest BCUT2D eigenvalue weighted by atomic mass is 35.5. The van der Waals surface area contributed by atoms with Crippen molar-refractivity contribution in [2.24, 2.45) is 0 Å². The highest BCUT2D eigenvalue weighted by molar-refractivity contribution is 6.35. The number of nitrogens with zero attached hydrogens (tertiary/aromatic N) is 2. The van der Waals surface area contributed by atoms with Crippen LogP contribution in [0.3, 0.4) is 0 Å². The number of rotatable bonds is 4. The molecule has 0 N–H and O–H groups in total. The third kappa shape index (κ3) is 4.13. The van der Waals surface area contributed by atoms with E-state index in [1.807, 2.05) is 42.5 Å². The number of halogens is 2. The van der Waals surface area contributed by atoms with Gasteiger partial charge in [0.05, 0.1) is 12.2 Å². The average Bonchev–Trinajstić information content (AvgIpc) is 2.59. The fourth-order valence-corrected chi connectivity index (χ4v) is 2.69. The Hall–Kier alpha value is -2.36. The molecule has 120 valence electrons. The second-order valence-electron chi connectivity index (χ2n) is 5.23. The molecule has 3 nitrogen and oxygen atoms in total. The van der Waals surface area contributed by atoms with Gasteiger partial charge in [-0.2, -0.15) is 5.10 Å². The third-order valence-corrected chi connectivity index (χ3v) is 4.06. The quantitative estimate of drug-likeness (QED) is 0.674. The van der Waals surface area contributed by atoms with Crippen molar-refractivity contribution in [1.82, 2.24) is 9.78 Å². The van der Waals surface area contributed by atoms with E-state index in [4.69, 9.17) is 23.2 Å². The Morgan fingerprint density at radius 1 is 0.958 bits per heavy atom. The smallest absolute Gasteiger partial charge is 0.267 e. The van der Waals surface area contributed by atoms with E-state index in [9.17, 15) is 4.79 Å². The second-order valence-corrected chi connectivity index (χ2v) is 6.08. The van der Waals surface area contributed by atoms with Crippen molar-refractivity contribution in [3.8, 4) is 0 Å². The molecule has 0 atom stereocenters. The molecule has 1 heterocycles. The third-order valence-electron chi connectivity index (χ3n) is 3.47. The average molecular weight is 357 g/mol. The van der Waals surface area contributed by atoms with Crippen molar-refractivity contribution < 1.29 is 0 Å². The van der Waals surface area contributed by atoms with Crippen LogP contribution in [0.4, 0.5) is 0 Å². The van der Waals surface area contributed by atoms with E-state index in [1.165, 1.54) is 10.7 Å². The van der Waals surface area contributed by atoms with Gasteiger partial charge in [0.2, 0.25) is 0 Å². The van der Waals surface area contributed by atoms with Gasteiger partial charge in [-0.05, 0) is 35.4 Å². The lowest BCUT2D eigenvalue weighted by Gasteiger charge is -2.07. The van der Waals surface area contributed by atoms with Gasteiger partial charge in [-0.3, -0.25) is 4.79 Å². The van der Waals surface area contributed by atoms with Crippen LogP contribution in [0.25, 0.3) is 12.2 Å². The van der Waals surface area contributed by atoms with Crippen molar-refractivity contribution in [1.29, 1.82) is 0 Å². The van der Waals surface area contributed by atoms with E-state index in [-0.39, 0.29) is 5.56 Å². The lowest BCUT2D eigenvalue weighted by atomic mass is 10.2. The Bertz CT molecular complexity index is 934. The van der Waals surface area contributed by atoms with Gasteiger partial charge in [-0.25, -0.2) is 4.68 Å². The van der Waals surface area contributed by atoms with Crippen LogP contribution in [-0.2, 0) is 6.54 Å². The van der Waals surface area contributed by atoms with Crippen LogP contribution in [0.15, 0.2) is 65.5 Å². The van der Waals surface area contributed by atoms with Gasteiger partial charge >= 0.3 is 0 Å². The summed E-state index contributed by atoms with van der Waals surface area (Å²) in [6.07, 6.45) is 3.82. The molecule has 1 aromatic heterocycles.